The molecule has 0 saturated carbocycles. The minimum atomic E-state index is -0.536. The number of thioether (sulfide) groups is 1. The topological polar surface area (TPSA) is 81.5 Å². The predicted octanol–water partition coefficient (Wildman–Crippen LogP) is 4.03. The third-order valence-electron chi connectivity index (χ3n) is 3.14. The number of anilines is 1. The standard InChI is InChI=1S/C17H18N2O4S/c1-3-23-13-6-9-15(16(10-13)19(21)22)18-17(20)11-24-14-7-4-12(2)5-8-14/h4-10H,3,11H2,1-2H3,(H,18,20). The number of hydrogen-bond acceptors (Lipinski definition) is 5. The van der Waals surface area contributed by atoms with E-state index in [0.29, 0.717) is 12.4 Å². The molecule has 0 saturated heterocycles. The lowest BCUT2D eigenvalue weighted by Crippen LogP contribution is -2.15. The van der Waals surface area contributed by atoms with E-state index in [0.717, 1.165) is 10.5 Å². The van der Waals surface area contributed by atoms with E-state index in [-0.39, 0.29) is 23.0 Å². The van der Waals surface area contributed by atoms with E-state index < -0.39 is 4.92 Å². The normalized spacial score (nSPS) is 10.2. The van der Waals surface area contributed by atoms with Crippen LogP contribution < -0.4 is 10.1 Å². The second-order valence-corrected chi connectivity index (χ2v) is 6.07. The number of rotatable bonds is 7. The van der Waals surface area contributed by atoms with Crippen LogP contribution in [-0.4, -0.2) is 23.2 Å². The molecule has 126 valence electrons. The number of nitro groups is 1. The molecule has 0 unspecified atom stereocenters. The number of nitro benzene ring substituents is 1. The zero-order chi connectivity index (χ0) is 17.5. The fourth-order valence-electron chi connectivity index (χ4n) is 1.99. The van der Waals surface area contributed by atoms with Crippen molar-refractivity contribution in [3.8, 4) is 5.75 Å². The number of carbonyl (C=O) groups excluding carboxylic acids is 1. The molecule has 0 aliphatic heterocycles. The average Bonchev–Trinajstić information content (AvgIpc) is 2.56. The molecule has 0 aromatic heterocycles. The highest BCUT2D eigenvalue weighted by Gasteiger charge is 2.17. The number of amides is 1. The quantitative estimate of drug-likeness (QED) is 0.465. The monoisotopic (exact) mass is 346 g/mol. The Morgan fingerprint density at radius 3 is 2.58 bits per heavy atom. The average molecular weight is 346 g/mol. The van der Waals surface area contributed by atoms with Crippen molar-refractivity contribution in [3.05, 3.63) is 58.1 Å². The summed E-state index contributed by atoms with van der Waals surface area (Å²) in [7, 11) is 0. The number of nitrogens with zero attached hydrogens (tertiary/aromatic N) is 1. The van der Waals surface area contributed by atoms with Gasteiger partial charge in [0.1, 0.15) is 11.4 Å². The summed E-state index contributed by atoms with van der Waals surface area (Å²) in [5.41, 5.74) is 1.13. The molecule has 0 fully saturated rings. The summed E-state index contributed by atoms with van der Waals surface area (Å²) in [5.74, 6) is 0.275. The second-order valence-electron chi connectivity index (χ2n) is 5.02. The van der Waals surface area contributed by atoms with E-state index in [2.05, 4.69) is 5.32 Å². The summed E-state index contributed by atoms with van der Waals surface area (Å²) in [4.78, 5) is 23.6. The minimum absolute atomic E-state index is 0.165. The highest BCUT2D eigenvalue weighted by molar-refractivity contribution is 8.00. The first-order valence-corrected chi connectivity index (χ1v) is 8.38. The van der Waals surface area contributed by atoms with E-state index in [1.807, 2.05) is 31.2 Å². The molecule has 0 aliphatic carbocycles. The third-order valence-corrected chi connectivity index (χ3v) is 4.15. The maximum atomic E-state index is 12.1. The first-order valence-electron chi connectivity index (χ1n) is 7.40. The van der Waals surface area contributed by atoms with Crippen LogP contribution in [0.15, 0.2) is 47.4 Å². The Kier molecular flexibility index (Phi) is 6.20. The van der Waals surface area contributed by atoms with E-state index in [1.165, 1.54) is 23.9 Å². The Bertz CT molecular complexity index is 732. The van der Waals surface area contributed by atoms with Gasteiger partial charge in [-0.25, -0.2) is 0 Å². The van der Waals surface area contributed by atoms with Crippen LogP contribution in [0.2, 0.25) is 0 Å². The molecule has 2 rings (SSSR count). The highest BCUT2D eigenvalue weighted by atomic mass is 32.2. The molecule has 0 aliphatic rings. The maximum absolute atomic E-state index is 12.1. The van der Waals surface area contributed by atoms with Crippen LogP contribution in [0.5, 0.6) is 5.75 Å². The van der Waals surface area contributed by atoms with Gasteiger partial charge in [0.15, 0.2) is 0 Å². The van der Waals surface area contributed by atoms with Gasteiger partial charge in [0.2, 0.25) is 5.91 Å². The van der Waals surface area contributed by atoms with Gasteiger partial charge in [-0.3, -0.25) is 14.9 Å². The molecule has 0 atom stereocenters. The van der Waals surface area contributed by atoms with Crippen molar-refractivity contribution in [2.75, 3.05) is 17.7 Å². The molecule has 2 aromatic carbocycles. The van der Waals surface area contributed by atoms with Gasteiger partial charge in [0.05, 0.1) is 23.3 Å². The summed E-state index contributed by atoms with van der Waals surface area (Å²) < 4.78 is 5.25. The van der Waals surface area contributed by atoms with Gasteiger partial charge in [0.25, 0.3) is 5.69 Å². The zero-order valence-electron chi connectivity index (χ0n) is 13.4. The van der Waals surface area contributed by atoms with Crippen molar-refractivity contribution in [1.82, 2.24) is 0 Å². The summed E-state index contributed by atoms with van der Waals surface area (Å²) in [6.45, 7) is 4.20. The van der Waals surface area contributed by atoms with Crippen LogP contribution >= 0.6 is 11.8 Å². The summed E-state index contributed by atoms with van der Waals surface area (Å²) >= 11 is 1.38. The Balaban J connectivity index is 2.02. The van der Waals surface area contributed by atoms with Crippen LogP contribution in [0.4, 0.5) is 11.4 Å². The number of nitrogens with one attached hydrogen (secondary N) is 1. The van der Waals surface area contributed by atoms with Crippen LogP contribution in [-0.2, 0) is 4.79 Å². The molecule has 2 aromatic rings. The number of hydrogen-bond donors (Lipinski definition) is 1. The molecular formula is C17H18N2O4S. The lowest BCUT2D eigenvalue weighted by atomic mass is 10.2. The molecule has 6 nitrogen and oxygen atoms in total. The Labute approximate surface area is 144 Å². The summed E-state index contributed by atoms with van der Waals surface area (Å²) in [6.07, 6.45) is 0. The van der Waals surface area contributed by atoms with Crippen LogP contribution in [0.25, 0.3) is 0 Å². The number of benzene rings is 2. The molecule has 0 spiro atoms. The molecule has 1 amide bonds. The van der Waals surface area contributed by atoms with Crippen molar-refractivity contribution in [3.63, 3.8) is 0 Å². The molecule has 0 heterocycles. The van der Waals surface area contributed by atoms with Gasteiger partial charge in [-0.2, -0.15) is 0 Å². The Hall–Kier alpha value is -2.54. The van der Waals surface area contributed by atoms with Crippen LogP contribution in [0.3, 0.4) is 0 Å². The SMILES string of the molecule is CCOc1ccc(NC(=O)CSc2ccc(C)cc2)c([N+](=O)[O-])c1. The van der Waals surface area contributed by atoms with Crippen molar-refractivity contribution < 1.29 is 14.5 Å². The predicted molar refractivity (Wildman–Crippen MR) is 94.8 cm³/mol. The van der Waals surface area contributed by atoms with Gasteiger partial charge in [0, 0.05) is 4.90 Å². The van der Waals surface area contributed by atoms with Gasteiger partial charge in [-0.05, 0) is 38.1 Å². The van der Waals surface area contributed by atoms with Gasteiger partial charge in [-0.1, -0.05) is 17.7 Å². The van der Waals surface area contributed by atoms with E-state index >= 15 is 0 Å². The van der Waals surface area contributed by atoms with Crippen molar-refractivity contribution in [2.24, 2.45) is 0 Å². The van der Waals surface area contributed by atoms with Crippen molar-refractivity contribution in [1.29, 1.82) is 0 Å². The summed E-state index contributed by atoms with van der Waals surface area (Å²) in [6, 6.07) is 12.2. The van der Waals surface area contributed by atoms with Gasteiger partial charge >= 0.3 is 0 Å². The molecule has 24 heavy (non-hydrogen) atoms. The second kappa shape index (κ2) is 8.35. The van der Waals surface area contributed by atoms with Crippen molar-refractivity contribution in [2.45, 2.75) is 18.7 Å². The first kappa shape index (κ1) is 17.8. The molecule has 7 heteroatoms. The number of aryl methyl sites for hydroxylation is 1. The number of ether oxygens (including phenoxy) is 1. The molecule has 0 bridgehead atoms. The maximum Gasteiger partial charge on any atom is 0.296 e. The largest absolute Gasteiger partial charge is 0.494 e. The van der Waals surface area contributed by atoms with Crippen LogP contribution in [0, 0.1) is 17.0 Å². The van der Waals surface area contributed by atoms with Gasteiger partial charge < -0.3 is 10.1 Å². The van der Waals surface area contributed by atoms with E-state index in [1.54, 1.807) is 13.0 Å². The highest BCUT2D eigenvalue weighted by Crippen LogP contribution is 2.29. The molecular weight excluding hydrogens is 328 g/mol. The number of carbonyl (C=O) groups is 1. The lowest BCUT2D eigenvalue weighted by molar-refractivity contribution is -0.384. The lowest BCUT2D eigenvalue weighted by Gasteiger charge is -2.08. The first-order chi connectivity index (χ1) is 11.5. The molecule has 1 N–H and O–H groups in total. The van der Waals surface area contributed by atoms with Crippen molar-refractivity contribution >= 4 is 29.0 Å². The van der Waals surface area contributed by atoms with E-state index in [4.69, 9.17) is 4.74 Å². The zero-order valence-corrected chi connectivity index (χ0v) is 14.3. The third kappa shape index (κ3) is 4.99. The molecule has 0 radical (unpaired) electrons. The fourth-order valence-corrected chi connectivity index (χ4v) is 2.69. The van der Waals surface area contributed by atoms with Crippen LogP contribution in [0.1, 0.15) is 12.5 Å². The fraction of sp³-hybridized carbons (Fsp3) is 0.235. The Morgan fingerprint density at radius 2 is 1.96 bits per heavy atom. The van der Waals surface area contributed by atoms with E-state index in [9.17, 15) is 14.9 Å². The van der Waals surface area contributed by atoms with Gasteiger partial charge in [-0.15, -0.1) is 11.8 Å². The Morgan fingerprint density at radius 1 is 1.25 bits per heavy atom. The minimum Gasteiger partial charge on any atom is -0.494 e. The summed E-state index contributed by atoms with van der Waals surface area (Å²) in [5, 5.41) is 13.8. The smallest absolute Gasteiger partial charge is 0.296 e.